The van der Waals surface area contributed by atoms with Gasteiger partial charge < -0.3 is 15.0 Å². The van der Waals surface area contributed by atoms with Crippen molar-refractivity contribution in [3.05, 3.63) is 48.0 Å². The molecule has 0 radical (unpaired) electrons. The number of carbonyl (C=O) groups excluding carboxylic acids is 2. The number of carbonyl (C=O) groups is 2. The van der Waals surface area contributed by atoms with Crippen LogP contribution in [-0.2, 0) is 16.1 Å². The molecule has 8 nitrogen and oxygen atoms in total. The Balaban J connectivity index is 1.40. The van der Waals surface area contributed by atoms with Crippen LogP contribution in [-0.4, -0.2) is 37.9 Å². The number of aromatic nitrogens is 4. The summed E-state index contributed by atoms with van der Waals surface area (Å²) in [5.74, 6) is -0.102. The molecule has 2 N–H and O–H groups in total. The second-order valence-electron chi connectivity index (χ2n) is 6.23. The fraction of sp³-hybridized carbons (Fsp3) is 0.316. The molecule has 27 heavy (non-hydrogen) atoms. The zero-order chi connectivity index (χ0) is 19.2. The van der Waals surface area contributed by atoms with Crippen LogP contribution in [0.15, 0.2) is 36.9 Å². The summed E-state index contributed by atoms with van der Waals surface area (Å²) in [5, 5.41) is 0. The molecule has 0 aliphatic heterocycles. The Kier molecular flexibility index (Phi) is 5.75. The highest BCUT2D eigenvalue weighted by Gasteiger charge is 2.11. The molecule has 3 rings (SSSR count). The Morgan fingerprint density at radius 3 is 2.67 bits per heavy atom. The maximum atomic E-state index is 12.1. The monoisotopic (exact) mass is 367 g/mol. The predicted octanol–water partition coefficient (Wildman–Crippen LogP) is 2.31. The number of nitrogens with two attached hydrogens (primary N) is 1. The average molecular weight is 367 g/mol. The molecule has 0 bridgehead atoms. The summed E-state index contributed by atoms with van der Waals surface area (Å²) in [6, 6.07) is 7.30. The quantitative estimate of drug-likeness (QED) is 0.369. The van der Waals surface area contributed by atoms with Gasteiger partial charge in [-0.15, -0.1) is 0 Å². The number of imidazole rings is 1. The summed E-state index contributed by atoms with van der Waals surface area (Å²) < 4.78 is 7.03. The van der Waals surface area contributed by atoms with Crippen LogP contribution in [0.25, 0.3) is 11.2 Å². The maximum absolute atomic E-state index is 12.1. The Labute approximate surface area is 156 Å². The van der Waals surface area contributed by atoms with Gasteiger partial charge in [0.05, 0.1) is 19.4 Å². The van der Waals surface area contributed by atoms with E-state index in [0.717, 1.165) is 5.56 Å². The molecular weight excluding hydrogens is 346 g/mol. The van der Waals surface area contributed by atoms with E-state index >= 15 is 0 Å². The van der Waals surface area contributed by atoms with Crippen LogP contribution in [0.5, 0.6) is 0 Å². The number of esters is 1. The van der Waals surface area contributed by atoms with Crippen molar-refractivity contribution in [2.45, 2.75) is 32.7 Å². The van der Waals surface area contributed by atoms with Gasteiger partial charge in [0, 0.05) is 18.5 Å². The minimum Gasteiger partial charge on any atom is -0.466 e. The second-order valence-corrected chi connectivity index (χ2v) is 6.23. The van der Waals surface area contributed by atoms with E-state index in [9.17, 15) is 9.59 Å². The summed E-state index contributed by atoms with van der Waals surface area (Å²) >= 11 is 0. The Morgan fingerprint density at radius 2 is 1.89 bits per heavy atom. The molecule has 0 saturated carbocycles. The zero-order valence-corrected chi connectivity index (χ0v) is 15.1. The number of anilines is 1. The molecule has 0 fully saturated rings. The second kappa shape index (κ2) is 8.39. The van der Waals surface area contributed by atoms with E-state index in [2.05, 4.69) is 15.0 Å². The van der Waals surface area contributed by atoms with Crippen LogP contribution in [0.1, 0.15) is 35.2 Å². The number of hydrogen-bond acceptors (Lipinski definition) is 7. The minimum absolute atomic E-state index is 0.0610. The van der Waals surface area contributed by atoms with Gasteiger partial charge in [-0.25, -0.2) is 15.0 Å². The van der Waals surface area contributed by atoms with Gasteiger partial charge >= 0.3 is 5.97 Å². The van der Waals surface area contributed by atoms with Crippen LogP contribution in [0, 0.1) is 6.92 Å². The van der Waals surface area contributed by atoms with Crippen molar-refractivity contribution in [2.75, 3.05) is 12.3 Å². The molecule has 2 heterocycles. The van der Waals surface area contributed by atoms with E-state index in [1.165, 1.54) is 6.33 Å². The third kappa shape index (κ3) is 4.66. The largest absolute Gasteiger partial charge is 0.466 e. The summed E-state index contributed by atoms with van der Waals surface area (Å²) in [6.45, 7) is 2.81. The molecule has 0 aliphatic rings. The fourth-order valence-electron chi connectivity index (χ4n) is 2.65. The van der Waals surface area contributed by atoms with Gasteiger partial charge in [0.15, 0.2) is 17.2 Å². The molecule has 0 saturated heterocycles. The minimum atomic E-state index is -0.377. The molecule has 2 aromatic heterocycles. The van der Waals surface area contributed by atoms with E-state index in [0.29, 0.717) is 35.5 Å². The van der Waals surface area contributed by atoms with Crippen LogP contribution >= 0.6 is 0 Å². The van der Waals surface area contributed by atoms with Crippen LogP contribution in [0.2, 0.25) is 0 Å². The summed E-state index contributed by atoms with van der Waals surface area (Å²) in [4.78, 5) is 36.1. The van der Waals surface area contributed by atoms with Crippen LogP contribution in [0.4, 0.5) is 5.82 Å². The van der Waals surface area contributed by atoms with E-state index in [-0.39, 0.29) is 31.2 Å². The average Bonchev–Trinajstić information content (AvgIpc) is 3.08. The first-order valence-electron chi connectivity index (χ1n) is 8.71. The van der Waals surface area contributed by atoms with Crippen molar-refractivity contribution in [1.82, 2.24) is 19.5 Å². The van der Waals surface area contributed by atoms with Gasteiger partial charge in [0.25, 0.3) is 0 Å². The highest BCUT2D eigenvalue weighted by molar-refractivity contribution is 5.97. The number of nitrogens with zero attached hydrogens (tertiary/aromatic N) is 4. The number of rotatable bonds is 8. The summed E-state index contributed by atoms with van der Waals surface area (Å²) in [5.41, 5.74) is 8.66. The lowest BCUT2D eigenvalue weighted by Gasteiger charge is -2.06. The van der Waals surface area contributed by atoms with Crippen molar-refractivity contribution in [2.24, 2.45) is 0 Å². The van der Waals surface area contributed by atoms with E-state index in [4.69, 9.17) is 10.5 Å². The molecule has 0 atom stereocenters. The summed E-state index contributed by atoms with van der Waals surface area (Å²) in [7, 11) is 0. The van der Waals surface area contributed by atoms with Crippen molar-refractivity contribution in [1.29, 1.82) is 0 Å². The first kappa shape index (κ1) is 18.5. The first-order chi connectivity index (χ1) is 13.0. The topological polar surface area (TPSA) is 113 Å². The molecule has 0 spiro atoms. The van der Waals surface area contributed by atoms with Gasteiger partial charge in [0.1, 0.15) is 11.8 Å². The van der Waals surface area contributed by atoms with E-state index < -0.39 is 0 Å². The van der Waals surface area contributed by atoms with E-state index in [1.807, 2.05) is 23.6 Å². The maximum Gasteiger partial charge on any atom is 0.306 e. The van der Waals surface area contributed by atoms with Gasteiger partial charge in [-0.05, 0) is 13.3 Å². The van der Waals surface area contributed by atoms with Crippen LogP contribution < -0.4 is 5.73 Å². The Hall–Kier alpha value is -3.29. The SMILES string of the molecule is Cc1ccc(C(=O)CCC(=O)OCCCn2cnc3c(N)ncnc32)cc1. The molecule has 0 unspecified atom stereocenters. The highest BCUT2D eigenvalue weighted by atomic mass is 16.5. The van der Waals surface area contributed by atoms with Crippen molar-refractivity contribution < 1.29 is 14.3 Å². The van der Waals surface area contributed by atoms with Gasteiger partial charge in [-0.3, -0.25) is 9.59 Å². The Bertz CT molecular complexity index is 950. The number of Topliss-reactive ketones (excluding diaryl/α,β-unsaturated/α-hetero) is 1. The highest BCUT2D eigenvalue weighted by Crippen LogP contribution is 2.14. The number of nitrogen functional groups attached to an aromatic ring is 1. The number of fused-ring (bicyclic) bond motifs is 1. The van der Waals surface area contributed by atoms with Crippen molar-refractivity contribution in [3.8, 4) is 0 Å². The number of ketones is 1. The lowest BCUT2D eigenvalue weighted by Crippen LogP contribution is -2.10. The molecule has 1 aromatic carbocycles. The molecule has 8 heteroatoms. The molecular formula is C19H21N5O3. The van der Waals surface area contributed by atoms with Gasteiger partial charge in [0.2, 0.25) is 0 Å². The summed E-state index contributed by atoms with van der Waals surface area (Å²) in [6.07, 6.45) is 3.85. The predicted molar refractivity (Wildman–Crippen MR) is 100 cm³/mol. The molecule has 3 aromatic rings. The lowest BCUT2D eigenvalue weighted by molar-refractivity contribution is -0.143. The molecule has 140 valence electrons. The van der Waals surface area contributed by atoms with E-state index in [1.54, 1.807) is 18.5 Å². The first-order valence-corrected chi connectivity index (χ1v) is 8.71. The lowest BCUT2D eigenvalue weighted by atomic mass is 10.1. The number of benzene rings is 1. The third-order valence-corrected chi connectivity index (χ3v) is 4.17. The number of hydrogen-bond donors (Lipinski definition) is 1. The smallest absolute Gasteiger partial charge is 0.306 e. The van der Waals surface area contributed by atoms with Gasteiger partial charge in [-0.2, -0.15) is 0 Å². The molecule has 0 aliphatic carbocycles. The number of ether oxygens (including phenoxy) is 1. The van der Waals surface area contributed by atoms with Crippen molar-refractivity contribution >= 4 is 28.7 Å². The molecule has 0 amide bonds. The zero-order valence-electron chi connectivity index (χ0n) is 15.1. The Morgan fingerprint density at radius 1 is 1.11 bits per heavy atom. The normalized spacial score (nSPS) is 10.9. The van der Waals surface area contributed by atoms with Crippen LogP contribution in [0.3, 0.4) is 0 Å². The van der Waals surface area contributed by atoms with Gasteiger partial charge in [-0.1, -0.05) is 29.8 Å². The fourth-order valence-corrected chi connectivity index (χ4v) is 2.65. The third-order valence-electron chi connectivity index (χ3n) is 4.17. The number of aryl methyl sites for hydroxylation is 2. The standard InChI is InChI=1S/C19H21N5O3/c1-13-3-5-14(6-4-13)15(25)7-8-16(26)27-10-2-9-24-12-23-17-18(20)21-11-22-19(17)24/h3-6,11-12H,2,7-10H2,1H3,(H2,20,21,22). The van der Waals surface area contributed by atoms with Crippen molar-refractivity contribution in [3.63, 3.8) is 0 Å².